The van der Waals surface area contributed by atoms with Gasteiger partial charge in [0.2, 0.25) is 5.91 Å². The third kappa shape index (κ3) is 3.80. The summed E-state index contributed by atoms with van der Waals surface area (Å²) in [6.07, 6.45) is -5.63. The smallest absolute Gasteiger partial charge is 0.329 e. The van der Waals surface area contributed by atoms with Crippen molar-refractivity contribution in [1.82, 2.24) is 19.7 Å². The Morgan fingerprint density at radius 1 is 1.28 bits per heavy atom. The molecule has 0 radical (unpaired) electrons. The second kappa shape index (κ2) is 6.45. The van der Waals surface area contributed by atoms with E-state index < -0.39 is 24.5 Å². The lowest BCUT2D eigenvalue weighted by Gasteiger charge is -2.32. The van der Waals surface area contributed by atoms with Gasteiger partial charge in [-0.05, 0) is 24.6 Å². The molecule has 0 aliphatic carbocycles. The first-order chi connectivity index (χ1) is 11.7. The number of aromatic nitrogens is 3. The number of benzene rings is 1. The Morgan fingerprint density at radius 3 is 2.72 bits per heavy atom. The standard InChI is InChI=1S/C16H16F4N4O/c1-10-15(25)23(8-11-3-2-4-12(17)7-11)9-14-22-21-13(24(10)14)5-6-16(18,19)20/h2-4,7,10H,5-6,8-9H2,1H3/t10-/m0/s1. The van der Waals surface area contributed by atoms with Crippen LogP contribution in [0.1, 0.15) is 36.6 Å². The fourth-order valence-electron chi connectivity index (χ4n) is 2.95. The number of carbonyl (C=O) groups is 1. The molecular weight excluding hydrogens is 340 g/mol. The number of nitrogens with zero attached hydrogens (tertiary/aromatic N) is 4. The molecule has 0 spiro atoms. The number of rotatable bonds is 4. The summed E-state index contributed by atoms with van der Waals surface area (Å²) in [6, 6.07) is 5.21. The van der Waals surface area contributed by atoms with E-state index in [1.54, 1.807) is 19.1 Å². The molecule has 0 fully saturated rings. The molecule has 0 unspecified atom stereocenters. The van der Waals surface area contributed by atoms with E-state index in [2.05, 4.69) is 10.2 Å². The first-order valence-corrected chi connectivity index (χ1v) is 7.77. The maximum absolute atomic E-state index is 13.3. The molecule has 5 nitrogen and oxygen atoms in total. The van der Waals surface area contributed by atoms with Gasteiger partial charge in [0.15, 0.2) is 5.82 Å². The van der Waals surface area contributed by atoms with Crippen LogP contribution in [0.4, 0.5) is 17.6 Å². The number of amides is 1. The van der Waals surface area contributed by atoms with E-state index >= 15 is 0 Å². The van der Waals surface area contributed by atoms with Gasteiger partial charge in [-0.25, -0.2) is 4.39 Å². The van der Waals surface area contributed by atoms with Crippen molar-refractivity contribution in [3.8, 4) is 0 Å². The lowest BCUT2D eigenvalue weighted by atomic mass is 10.1. The number of fused-ring (bicyclic) bond motifs is 1. The highest BCUT2D eigenvalue weighted by atomic mass is 19.4. The average Bonchev–Trinajstić information content (AvgIpc) is 2.93. The number of hydrogen-bond acceptors (Lipinski definition) is 3. The summed E-state index contributed by atoms with van der Waals surface area (Å²) in [6.45, 7) is 1.93. The van der Waals surface area contributed by atoms with E-state index in [4.69, 9.17) is 0 Å². The van der Waals surface area contributed by atoms with Crippen molar-refractivity contribution in [3.63, 3.8) is 0 Å². The molecule has 1 aliphatic heterocycles. The molecule has 0 saturated heterocycles. The molecule has 1 amide bonds. The minimum absolute atomic E-state index is 0.124. The SMILES string of the molecule is C[C@H]1C(=O)N(Cc2cccc(F)c2)Cc2nnc(CCC(F)(F)F)n21. The van der Waals surface area contributed by atoms with Crippen LogP contribution in [-0.2, 0) is 24.3 Å². The van der Waals surface area contributed by atoms with Crippen molar-refractivity contribution >= 4 is 5.91 Å². The monoisotopic (exact) mass is 356 g/mol. The van der Waals surface area contributed by atoms with E-state index in [0.29, 0.717) is 11.4 Å². The second-order valence-electron chi connectivity index (χ2n) is 6.02. The van der Waals surface area contributed by atoms with E-state index in [0.717, 1.165) is 0 Å². The van der Waals surface area contributed by atoms with Gasteiger partial charge in [0.1, 0.15) is 17.7 Å². The highest BCUT2D eigenvalue weighted by Gasteiger charge is 2.34. The molecule has 134 valence electrons. The van der Waals surface area contributed by atoms with Gasteiger partial charge in [-0.15, -0.1) is 10.2 Å². The number of halogens is 4. The Balaban J connectivity index is 1.79. The van der Waals surface area contributed by atoms with E-state index in [1.807, 2.05) is 0 Å². The molecule has 1 atom stereocenters. The highest BCUT2D eigenvalue weighted by Crippen LogP contribution is 2.27. The lowest BCUT2D eigenvalue weighted by molar-refractivity contribution is -0.137. The van der Waals surface area contributed by atoms with Crippen molar-refractivity contribution in [2.75, 3.05) is 0 Å². The molecule has 25 heavy (non-hydrogen) atoms. The predicted molar refractivity (Wildman–Crippen MR) is 79.8 cm³/mol. The minimum atomic E-state index is -4.29. The highest BCUT2D eigenvalue weighted by molar-refractivity contribution is 5.81. The Labute approximate surface area is 141 Å². The van der Waals surface area contributed by atoms with Gasteiger partial charge in [-0.2, -0.15) is 13.2 Å². The molecule has 3 rings (SSSR count). The Kier molecular flexibility index (Phi) is 4.49. The average molecular weight is 356 g/mol. The summed E-state index contributed by atoms with van der Waals surface area (Å²) in [7, 11) is 0. The zero-order valence-electron chi connectivity index (χ0n) is 13.4. The first-order valence-electron chi connectivity index (χ1n) is 7.77. The summed E-state index contributed by atoms with van der Waals surface area (Å²) in [4.78, 5) is 14.1. The summed E-state index contributed by atoms with van der Waals surface area (Å²) in [5.41, 5.74) is 0.630. The van der Waals surface area contributed by atoms with Gasteiger partial charge in [-0.1, -0.05) is 12.1 Å². The number of aryl methyl sites for hydroxylation is 1. The largest absolute Gasteiger partial charge is 0.389 e. The van der Waals surface area contributed by atoms with Gasteiger partial charge in [0.25, 0.3) is 0 Å². The molecule has 2 heterocycles. The predicted octanol–water partition coefficient (Wildman–Crippen LogP) is 3.02. The van der Waals surface area contributed by atoms with Crippen LogP contribution in [0, 0.1) is 5.82 Å². The minimum Gasteiger partial charge on any atom is -0.329 e. The van der Waals surface area contributed by atoms with Crippen LogP contribution in [-0.4, -0.2) is 31.7 Å². The van der Waals surface area contributed by atoms with Gasteiger partial charge >= 0.3 is 6.18 Å². The van der Waals surface area contributed by atoms with Gasteiger partial charge in [-0.3, -0.25) is 4.79 Å². The van der Waals surface area contributed by atoms with Gasteiger partial charge < -0.3 is 9.47 Å². The fraction of sp³-hybridized carbons (Fsp3) is 0.438. The number of carbonyl (C=O) groups excluding carboxylic acids is 1. The number of alkyl halides is 3. The number of hydrogen-bond donors (Lipinski definition) is 0. The lowest BCUT2D eigenvalue weighted by Crippen LogP contribution is -2.41. The summed E-state index contributed by atoms with van der Waals surface area (Å²) in [5.74, 6) is -0.0725. The fourth-order valence-corrected chi connectivity index (χ4v) is 2.95. The van der Waals surface area contributed by atoms with Crippen LogP contribution in [0.2, 0.25) is 0 Å². The molecule has 1 aromatic heterocycles. The third-order valence-electron chi connectivity index (χ3n) is 4.12. The molecule has 9 heteroatoms. The molecular formula is C16H16F4N4O. The van der Waals surface area contributed by atoms with Crippen molar-refractivity contribution in [2.24, 2.45) is 0 Å². The van der Waals surface area contributed by atoms with Crippen LogP contribution in [0.3, 0.4) is 0 Å². The van der Waals surface area contributed by atoms with Crippen LogP contribution in [0.25, 0.3) is 0 Å². The molecule has 1 aromatic carbocycles. The summed E-state index contributed by atoms with van der Waals surface area (Å²) in [5, 5.41) is 7.74. The first kappa shape index (κ1) is 17.4. The third-order valence-corrected chi connectivity index (χ3v) is 4.12. The van der Waals surface area contributed by atoms with Crippen molar-refractivity contribution < 1.29 is 22.4 Å². The van der Waals surface area contributed by atoms with E-state index in [1.165, 1.54) is 21.6 Å². The zero-order valence-corrected chi connectivity index (χ0v) is 13.4. The summed E-state index contributed by atoms with van der Waals surface area (Å²) >= 11 is 0. The van der Waals surface area contributed by atoms with Crippen LogP contribution in [0.5, 0.6) is 0 Å². The van der Waals surface area contributed by atoms with E-state index in [9.17, 15) is 22.4 Å². The molecule has 0 saturated carbocycles. The molecule has 2 aromatic rings. The quantitative estimate of drug-likeness (QED) is 0.792. The Morgan fingerprint density at radius 2 is 2.04 bits per heavy atom. The maximum Gasteiger partial charge on any atom is 0.389 e. The Hall–Kier alpha value is -2.45. The van der Waals surface area contributed by atoms with Crippen molar-refractivity contribution in [1.29, 1.82) is 0 Å². The van der Waals surface area contributed by atoms with Crippen LogP contribution in [0.15, 0.2) is 24.3 Å². The van der Waals surface area contributed by atoms with E-state index in [-0.39, 0.29) is 31.2 Å². The molecule has 0 bridgehead atoms. The maximum atomic E-state index is 13.3. The topological polar surface area (TPSA) is 51.0 Å². The van der Waals surface area contributed by atoms with Gasteiger partial charge in [0.05, 0.1) is 13.0 Å². The van der Waals surface area contributed by atoms with Crippen molar-refractivity contribution in [3.05, 3.63) is 47.3 Å². The van der Waals surface area contributed by atoms with Gasteiger partial charge in [0, 0.05) is 13.0 Å². The molecule has 0 N–H and O–H groups in total. The van der Waals surface area contributed by atoms with Crippen molar-refractivity contribution in [2.45, 2.75) is 45.1 Å². The zero-order chi connectivity index (χ0) is 18.2. The van der Waals surface area contributed by atoms with Crippen LogP contribution >= 0.6 is 0 Å². The normalized spacial score (nSPS) is 17.7. The summed E-state index contributed by atoms with van der Waals surface area (Å²) < 4.78 is 52.0. The molecule has 1 aliphatic rings. The van der Waals surface area contributed by atoms with Crippen LogP contribution < -0.4 is 0 Å². The second-order valence-corrected chi connectivity index (χ2v) is 6.02. The Bertz CT molecular complexity index is 787.